The molecule has 8 heteroatoms. The van der Waals surface area contributed by atoms with Crippen LogP contribution in [0.15, 0.2) is 87.5 Å². The Kier molecular flexibility index (Phi) is 5.17. The quantitative estimate of drug-likeness (QED) is 0.423. The fourth-order valence-corrected chi connectivity index (χ4v) is 4.69. The van der Waals surface area contributed by atoms with Crippen molar-refractivity contribution in [2.45, 2.75) is 16.3 Å². The average Bonchev–Trinajstić information content (AvgIpc) is 2.72. The van der Waals surface area contributed by atoms with E-state index in [2.05, 4.69) is 0 Å². The highest BCUT2D eigenvalue weighted by Gasteiger charge is 2.24. The van der Waals surface area contributed by atoms with Gasteiger partial charge in [0.1, 0.15) is 16.5 Å². The number of halogens is 3. The number of aromatic nitrogens is 1. The second kappa shape index (κ2) is 7.66. The van der Waals surface area contributed by atoms with Crippen molar-refractivity contribution in [3.63, 3.8) is 0 Å². The molecule has 1 heterocycles. The number of hydrogen-bond acceptors (Lipinski definition) is 3. The average molecular weight is 446 g/mol. The monoisotopic (exact) mass is 445 g/mol. The van der Waals surface area contributed by atoms with Crippen LogP contribution in [0.1, 0.15) is 5.56 Å². The van der Waals surface area contributed by atoms with Crippen molar-refractivity contribution in [2.24, 2.45) is 0 Å². The number of sulfone groups is 1. The zero-order valence-corrected chi connectivity index (χ0v) is 16.9. The van der Waals surface area contributed by atoms with E-state index in [0.29, 0.717) is 10.5 Å². The van der Waals surface area contributed by atoms with Crippen LogP contribution in [0, 0.1) is 11.6 Å². The van der Waals surface area contributed by atoms with Gasteiger partial charge in [0.15, 0.2) is 0 Å². The lowest BCUT2D eigenvalue weighted by Crippen LogP contribution is -2.20. The Labute approximate surface area is 175 Å². The summed E-state index contributed by atoms with van der Waals surface area (Å²) in [7, 11) is -4.26. The van der Waals surface area contributed by atoms with Gasteiger partial charge >= 0.3 is 0 Å². The Hall–Kier alpha value is -3.03. The van der Waals surface area contributed by atoms with Crippen molar-refractivity contribution >= 4 is 32.3 Å². The normalized spacial score (nSPS) is 11.7. The summed E-state index contributed by atoms with van der Waals surface area (Å²) in [6, 6.07) is 14.7. The Bertz CT molecular complexity index is 1410. The molecule has 1 aromatic heterocycles. The molecule has 0 N–H and O–H groups in total. The zero-order chi connectivity index (χ0) is 21.5. The molecular weight excluding hydrogens is 432 g/mol. The molecule has 0 radical (unpaired) electrons. The number of benzene rings is 3. The number of nitrogens with zero attached hydrogens (tertiary/aromatic N) is 1. The molecule has 4 aromatic rings. The van der Waals surface area contributed by atoms with E-state index in [1.807, 2.05) is 0 Å². The number of rotatable bonds is 4. The van der Waals surface area contributed by atoms with Crippen LogP contribution in [0.25, 0.3) is 10.9 Å². The van der Waals surface area contributed by atoms with E-state index in [1.165, 1.54) is 18.3 Å². The van der Waals surface area contributed by atoms with E-state index in [-0.39, 0.29) is 16.8 Å². The summed E-state index contributed by atoms with van der Waals surface area (Å²) < 4.78 is 54.9. The van der Waals surface area contributed by atoms with Crippen LogP contribution in [0.3, 0.4) is 0 Å². The van der Waals surface area contributed by atoms with E-state index in [0.717, 1.165) is 35.9 Å². The van der Waals surface area contributed by atoms with Crippen molar-refractivity contribution in [1.82, 2.24) is 4.57 Å². The molecule has 0 saturated heterocycles. The minimum absolute atomic E-state index is 0.0628. The first-order valence-corrected chi connectivity index (χ1v) is 10.7. The standard InChI is InChI=1S/C22H14ClF2NO3S/c23-15-3-1-14(2-4-15)12-26-13-21(22(27)19-11-17(25)7-10-20(19)26)30(28,29)18-8-5-16(24)6-9-18/h1-11,13H,12H2. The molecule has 0 saturated carbocycles. The molecule has 0 spiro atoms. The van der Waals surface area contributed by atoms with Crippen LogP contribution in [0.5, 0.6) is 0 Å². The summed E-state index contributed by atoms with van der Waals surface area (Å²) in [5, 5.41) is 0.484. The highest BCUT2D eigenvalue weighted by atomic mass is 35.5. The minimum atomic E-state index is -4.26. The summed E-state index contributed by atoms with van der Waals surface area (Å²) in [6.45, 7) is 0.228. The third-order valence-corrected chi connectivity index (χ3v) is 6.70. The fourth-order valence-electron chi connectivity index (χ4n) is 3.19. The van der Waals surface area contributed by atoms with Gasteiger partial charge in [-0.15, -0.1) is 0 Å². The summed E-state index contributed by atoms with van der Waals surface area (Å²) in [5.41, 5.74) is 0.370. The zero-order valence-electron chi connectivity index (χ0n) is 15.3. The van der Waals surface area contributed by atoms with E-state index in [1.54, 1.807) is 28.8 Å². The summed E-state index contributed by atoms with van der Waals surface area (Å²) in [4.78, 5) is 12.2. The van der Waals surface area contributed by atoms with Crippen LogP contribution in [0.2, 0.25) is 5.02 Å². The molecule has 4 nitrogen and oxygen atoms in total. The predicted molar refractivity (Wildman–Crippen MR) is 111 cm³/mol. The van der Waals surface area contributed by atoms with Gasteiger partial charge in [-0.05, 0) is 60.2 Å². The largest absolute Gasteiger partial charge is 0.341 e. The van der Waals surface area contributed by atoms with Crippen LogP contribution in [-0.4, -0.2) is 13.0 Å². The molecule has 30 heavy (non-hydrogen) atoms. The summed E-state index contributed by atoms with van der Waals surface area (Å²) >= 11 is 5.92. The predicted octanol–water partition coefficient (Wildman–Crippen LogP) is 4.81. The highest BCUT2D eigenvalue weighted by molar-refractivity contribution is 7.91. The van der Waals surface area contributed by atoms with Crippen LogP contribution < -0.4 is 5.43 Å². The first-order valence-electron chi connectivity index (χ1n) is 8.83. The smallest absolute Gasteiger partial charge is 0.211 e. The molecule has 152 valence electrons. The van der Waals surface area contributed by atoms with Gasteiger partial charge in [-0.1, -0.05) is 23.7 Å². The Balaban J connectivity index is 1.96. The second-order valence-corrected chi connectivity index (χ2v) is 9.05. The summed E-state index contributed by atoms with van der Waals surface area (Å²) in [6.07, 6.45) is 1.23. The van der Waals surface area contributed by atoms with Gasteiger partial charge in [-0.25, -0.2) is 17.2 Å². The van der Waals surface area contributed by atoms with Crippen molar-refractivity contribution in [2.75, 3.05) is 0 Å². The minimum Gasteiger partial charge on any atom is -0.341 e. The molecule has 0 aliphatic carbocycles. The van der Waals surface area contributed by atoms with Crippen LogP contribution >= 0.6 is 11.6 Å². The Morgan fingerprint density at radius 2 is 1.50 bits per heavy atom. The van der Waals surface area contributed by atoms with E-state index in [4.69, 9.17) is 11.6 Å². The SMILES string of the molecule is O=c1c(S(=O)(=O)c2ccc(F)cc2)cn(Cc2ccc(Cl)cc2)c2ccc(F)cc12. The molecule has 0 aliphatic rings. The lowest BCUT2D eigenvalue weighted by Gasteiger charge is -2.14. The maximum Gasteiger partial charge on any atom is 0.211 e. The molecule has 0 fully saturated rings. The Morgan fingerprint density at radius 3 is 2.17 bits per heavy atom. The van der Waals surface area contributed by atoms with Gasteiger partial charge in [0, 0.05) is 23.2 Å². The molecular formula is C22H14ClF2NO3S. The van der Waals surface area contributed by atoms with Crippen molar-refractivity contribution < 1.29 is 17.2 Å². The molecule has 0 unspecified atom stereocenters. The molecule has 0 amide bonds. The van der Waals surface area contributed by atoms with Gasteiger partial charge in [-0.3, -0.25) is 4.79 Å². The Morgan fingerprint density at radius 1 is 0.867 bits per heavy atom. The third-order valence-electron chi connectivity index (χ3n) is 4.69. The maximum absolute atomic E-state index is 13.9. The third kappa shape index (κ3) is 3.74. The van der Waals surface area contributed by atoms with Crippen LogP contribution in [0.4, 0.5) is 8.78 Å². The number of fused-ring (bicyclic) bond motifs is 1. The van der Waals surface area contributed by atoms with Gasteiger partial charge in [0.2, 0.25) is 15.3 Å². The lowest BCUT2D eigenvalue weighted by molar-refractivity contribution is 0.592. The molecule has 0 bridgehead atoms. The molecule has 0 aliphatic heterocycles. The topological polar surface area (TPSA) is 56.1 Å². The number of hydrogen-bond donors (Lipinski definition) is 0. The number of pyridine rings is 1. The molecule has 0 atom stereocenters. The first-order chi connectivity index (χ1) is 14.3. The van der Waals surface area contributed by atoms with Gasteiger partial charge in [0.25, 0.3) is 0 Å². The van der Waals surface area contributed by atoms with Gasteiger partial charge in [-0.2, -0.15) is 0 Å². The van der Waals surface area contributed by atoms with Crippen molar-refractivity contribution in [1.29, 1.82) is 0 Å². The molecule has 4 rings (SSSR count). The van der Waals surface area contributed by atoms with Gasteiger partial charge < -0.3 is 4.57 Å². The van der Waals surface area contributed by atoms with E-state index >= 15 is 0 Å². The van der Waals surface area contributed by atoms with E-state index in [9.17, 15) is 22.0 Å². The maximum atomic E-state index is 13.9. The highest BCUT2D eigenvalue weighted by Crippen LogP contribution is 2.23. The van der Waals surface area contributed by atoms with Crippen molar-refractivity contribution in [3.8, 4) is 0 Å². The lowest BCUT2D eigenvalue weighted by atomic mass is 10.1. The second-order valence-electron chi connectivity index (χ2n) is 6.70. The first kappa shape index (κ1) is 20.3. The molecule has 3 aromatic carbocycles. The summed E-state index contributed by atoms with van der Waals surface area (Å²) in [5.74, 6) is -1.26. The van der Waals surface area contributed by atoms with Crippen molar-refractivity contribution in [3.05, 3.63) is 105 Å². The van der Waals surface area contributed by atoms with Gasteiger partial charge in [0.05, 0.1) is 10.4 Å². The van der Waals surface area contributed by atoms with Crippen LogP contribution in [-0.2, 0) is 16.4 Å². The fraction of sp³-hybridized carbons (Fsp3) is 0.0455. The van der Waals surface area contributed by atoms with E-state index < -0.39 is 31.8 Å².